The number of hydrogen-bond acceptors (Lipinski definition) is 6. The van der Waals surface area contributed by atoms with Crippen LogP contribution in [0.3, 0.4) is 0 Å². The summed E-state index contributed by atoms with van der Waals surface area (Å²) in [7, 11) is 0. The summed E-state index contributed by atoms with van der Waals surface area (Å²) in [5.41, 5.74) is 1.13. The first-order chi connectivity index (χ1) is 13.0. The summed E-state index contributed by atoms with van der Waals surface area (Å²) in [6, 6.07) is 11.3. The van der Waals surface area contributed by atoms with Crippen molar-refractivity contribution < 1.29 is 28.6 Å². The van der Waals surface area contributed by atoms with E-state index in [1.807, 2.05) is 0 Å². The van der Waals surface area contributed by atoms with Crippen LogP contribution in [0, 0.1) is 0 Å². The number of ketones is 1. The van der Waals surface area contributed by atoms with Gasteiger partial charge in [-0.2, -0.15) is 0 Å². The molecule has 0 fully saturated rings. The van der Waals surface area contributed by atoms with E-state index >= 15 is 0 Å². The molecule has 0 aliphatic carbocycles. The maximum absolute atomic E-state index is 12.5. The van der Waals surface area contributed by atoms with E-state index in [4.69, 9.17) is 14.2 Å². The molecule has 6 heteroatoms. The largest absolute Gasteiger partial charge is 0.484 e. The Morgan fingerprint density at radius 3 is 2.19 bits per heavy atom. The lowest BCUT2D eigenvalue weighted by molar-refractivity contribution is -0.129. The van der Waals surface area contributed by atoms with Gasteiger partial charge in [0.2, 0.25) is 0 Å². The first kappa shape index (κ1) is 18.1. The predicted octanol–water partition coefficient (Wildman–Crippen LogP) is 3.58. The molecule has 0 radical (unpaired) electrons. The van der Waals surface area contributed by atoms with Crippen LogP contribution in [0.4, 0.5) is 0 Å². The average Bonchev–Trinajstić information content (AvgIpc) is 2.68. The Morgan fingerprint density at radius 2 is 1.56 bits per heavy atom. The van der Waals surface area contributed by atoms with Crippen LogP contribution in [0.5, 0.6) is 17.2 Å². The Bertz CT molecular complexity index is 926. The summed E-state index contributed by atoms with van der Waals surface area (Å²) >= 11 is 0. The average molecular weight is 364 g/mol. The zero-order valence-electron chi connectivity index (χ0n) is 14.3. The van der Waals surface area contributed by atoms with Gasteiger partial charge in [0, 0.05) is 12.2 Å². The second-order valence-corrected chi connectivity index (χ2v) is 5.71. The molecule has 6 nitrogen and oxygen atoms in total. The second kappa shape index (κ2) is 7.70. The van der Waals surface area contributed by atoms with E-state index < -0.39 is 18.0 Å². The highest BCUT2D eigenvalue weighted by Gasteiger charge is 2.28. The minimum atomic E-state index is -0.603. The number of ether oxygens (including phenoxy) is 3. The van der Waals surface area contributed by atoms with Gasteiger partial charge in [-0.05, 0) is 35.9 Å². The maximum Gasteiger partial charge on any atom is 0.335 e. The normalized spacial score (nSPS) is 15.1. The number of hydrogen-bond donors (Lipinski definition) is 0. The molecule has 1 aliphatic heterocycles. The molecule has 0 N–H and O–H groups in total. The van der Waals surface area contributed by atoms with Gasteiger partial charge in [-0.3, -0.25) is 4.79 Å². The number of carbonyl (C=O) groups is 3. The number of Topliss-reactive ketones (excluding diaryl/α,β-unsaturated/α-hetero) is 1. The Morgan fingerprint density at radius 1 is 0.963 bits per heavy atom. The lowest BCUT2D eigenvalue weighted by Crippen LogP contribution is -2.20. The molecular formula is C21H16O6. The molecule has 136 valence electrons. The van der Waals surface area contributed by atoms with Crippen molar-refractivity contribution in [2.24, 2.45) is 0 Å². The quantitative estimate of drug-likeness (QED) is 0.458. The molecule has 0 amide bonds. The van der Waals surface area contributed by atoms with E-state index in [1.165, 1.54) is 6.07 Å². The third-order valence-corrected chi connectivity index (χ3v) is 3.91. The molecule has 1 aliphatic rings. The molecule has 27 heavy (non-hydrogen) atoms. The lowest BCUT2D eigenvalue weighted by Gasteiger charge is -2.26. The van der Waals surface area contributed by atoms with Crippen LogP contribution in [0.1, 0.15) is 28.4 Å². The zero-order chi connectivity index (χ0) is 19.4. The Hall–Kier alpha value is -3.67. The monoisotopic (exact) mass is 364 g/mol. The lowest BCUT2D eigenvalue weighted by atomic mass is 9.96. The third kappa shape index (κ3) is 4.12. The van der Waals surface area contributed by atoms with Gasteiger partial charge in [-0.25, -0.2) is 9.59 Å². The van der Waals surface area contributed by atoms with Crippen molar-refractivity contribution in [3.05, 3.63) is 78.9 Å². The molecule has 0 spiro atoms. The number of benzene rings is 2. The molecule has 1 unspecified atom stereocenters. The van der Waals surface area contributed by atoms with Gasteiger partial charge in [-0.1, -0.05) is 25.3 Å². The number of rotatable bonds is 5. The number of fused-ring (bicyclic) bond motifs is 1. The highest BCUT2D eigenvalue weighted by Crippen LogP contribution is 2.37. The Balaban J connectivity index is 1.77. The molecule has 3 rings (SSSR count). The van der Waals surface area contributed by atoms with Crippen LogP contribution in [-0.2, 0) is 9.59 Å². The van der Waals surface area contributed by atoms with Crippen LogP contribution in [0.2, 0.25) is 0 Å². The molecular weight excluding hydrogens is 348 g/mol. The molecule has 1 atom stereocenters. The zero-order valence-corrected chi connectivity index (χ0v) is 14.3. The van der Waals surface area contributed by atoms with E-state index in [2.05, 4.69) is 13.2 Å². The summed E-state index contributed by atoms with van der Waals surface area (Å²) in [6.07, 6.45) is 1.80. The molecule has 0 saturated carbocycles. The third-order valence-electron chi connectivity index (χ3n) is 3.91. The summed E-state index contributed by atoms with van der Waals surface area (Å²) in [6.45, 7) is 6.67. The van der Waals surface area contributed by atoms with Gasteiger partial charge in [0.15, 0.2) is 5.78 Å². The highest BCUT2D eigenvalue weighted by atomic mass is 16.5. The molecule has 0 saturated heterocycles. The Labute approximate surface area is 155 Å². The van der Waals surface area contributed by atoms with Crippen LogP contribution in [0.15, 0.2) is 67.8 Å². The standard InChI is InChI=1S/C21H16O6/c1-3-20(23)25-14-7-5-13(6-8-14)19-12-17(22)16-11-15(26-21(24)4-2)9-10-18(16)27-19/h3-11,19H,1-2,12H2. The van der Waals surface area contributed by atoms with Crippen molar-refractivity contribution in [1.82, 2.24) is 0 Å². The summed E-state index contributed by atoms with van der Waals surface area (Å²) in [5, 5.41) is 0. The molecule has 2 aromatic rings. The summed E-state index contributed by atoms with van der Waals surface area (Å²) in [4.78, 5) is 35.0. The molecule has 0 bridgehead atoms. The van der Waals surface area contributed by atoms with E-state index in [0.717, 1.165) is 17.7 Å². The van der Waals surface area contributed by atoms with Crippen LogP contribution < -0.4 is 14.2 Å². The number of esters is 2. The smallest absolute Gasteiger partial charge is 0.335 e. The first-order valence-corrected chi connectivity index (χ1v) is 8.12. The molecule has 2 aromatic carbocycles. The fourth-order valence-corrected chi connectivity index (χ4v) is 2.62. The fourth-order valence-electron chi connectivity index (χ4n) is 2.62. The van der Waals surface area contributed by atoms with E-state index in [1.54, 1.807) is 36.4 Å². The Kier molecular flexibility index (Phi) is 5.17. The van der Waals surface area contributed by atoms with E-state index in [9.17, 15) is 14.4 Å². The summed E-state index contributed by atoms with van der Waals surface area (Å²) in [5.74, 6) is -0.234. The second-order valence-electron chi connectivity index (χ2n) is 5.71. The minimum Gasteiger partial charge on any atom is -0.484 e. The van der Waals surface area contributed by atoms with Crippen molar-refractivity contribution in [1.29, 1.82) is 0 Å². The fraction of sp³-hybridized carbons (Fsp3) is 0.0952. The van der Waals surface area contributed by atoms with Crippen molar-refractivity contribution >= 4 is 17.7 Å². The molecule has 0 aromatic heterocycles. The van der Waals surface area contributed by atoms with Crippen molar-refractivity contribution in [3.8, 4) is 17.2 Å². The summed E-state index contributed by atoms with van der Waals surface area (Å²) < 4.78 is 16.0. The van der Waals surface area contributed by atoms with Crippen molar-refractivity contribution in [2.75, 3.05) is 0 Å². The topological polar surface area (TPSA) is 78.9 Å². The maximum atomic E-state index is 12.5. The first-order valence-electron chi connectivity index (χ1n) is 8.12. The van der Waals surface area contributed by atoms with Gasteiger partial charge >= 0.3 is 11.9 Å². The number of carbonyl (C=O) groups excluding carboxylic acids is 3. The van der Waals surface area contributed by atoms with Gasteiger partial charge in [-0.15, -0.1) is 0 Å². The predicted molar refractivity (Wildman–Crippen MR) is 96.9 cm³/mol. The minimum absolute atomic E-state index is 0.125. The van der Waals surface area contributed by atoms with E-state index in [-0.39, 0.29) is 18.0 Å². The van der Waals surface area contributed by atoms with Crippen LogP contribution in [0.25, 0.3) is 0 Å². The van der Waals surface area contributed by atoms with Crippen LogP contribution >= 0.6 is 0 Å². The van der Waals surface area contributed by atoms with Gasteiger partial charge in [0.25, 0.3) is 0 Å². The SMILES string of the molecule is C=CC(=O)Oc1ccc(C2CC(=O)c3cc(OC(=O)C=C)ccc3O2)cc1. The van der Waals surface area contributed by atoms with Crippen LogP contribution in [-0.4, -0.2) is 17.7 Å². The highest BCUT2D eigenvalue weighted by molar-refractivity contribution is 6.00. The van der Waals surface area contributed by atoms with Gasteiger partial charge < -0.3 is 14.2 Å². The van der Waals surface area contributed by atoms with Gasteiger partial charge in [0.05, 0.1) is 12.0 Å². The van der Waals surface area contributed by atoms with Gasteiger partial charge in [0.1, 0.15) is 23.4 Å². The molecule has 1 heterocycles. The van der Waals surface area contributed by atoms with E-state index in [0.29, 0.717) is 17.1 Å². The van der Waals surface area contributed by atoms with Crippen molar-refractivity contribution in [3.63, 3.8) is 0 Å². The van der Waals surface area contributed by atoms with Crippen molar-refractivity contribution in [2.45, 2.75) is 12.5 Å².